The van der Waals surface area contributed by atoms with Crippen LogP contribution in [0.15, 0.2) is 109 Å². The van der Waals surface area contributed by atoms with E-state index in [4.69, 9.17) is 14.2 Å². The summed E-state index contributed by atoms with van der Waals surface area (Å²) in [5.41, 5.74) is 0. The van der Waals surface area contributed by atoms with E-state index in [0.29, 0.717) is 19.3 Å². The highest BCUT2D eigenvalue weighted by molar-refractivity contribution is 5.71. The number of carbonyl (C=O) groups excluding carboxylic acids is 3. The fourth-order valence-corrected chi connectivity index (χ4v) is 7.32. The molecule has 0 saturated carbocycles. The van der Waals surface area contributed by atoms with Crippen LogP contribution in [0.1, 0.15) is 245 Å². The number of rotatable bonds is 49. The number of esters is 3. The lowest BCUT2D eigenvalue weighted by Crippen LogP contribution is -2.30. The number of ether oxygens (including phenoxy) is 3. The second-order valence-electron chi connectivity index (χ2n) is 18.1. The molecule has 0 spiro atoms. The SMILES string of the molecule is CC/C=C\C/C=C\C/C=C\C/C=C\C/C=C\C/C=C\CCC(=O)OCC(COC(=O)CCCCCCC/C=C\CCCCC)OC(=O)CCCCCCCCCCC/C=C\C/C=C\CCCCC. The Labute approximate surface area is 419 Å². The van der Waals surface area contributed by atoms with Crippen molar-refractivity contribution in [2.75, 3.05) is 13.2 Å². The molecule has 0 saturated heterocycles. The van der Waals surface area contributed by atoms with Gasteiger partial charge in [0.05, 0.1) is 0 Å². The molecule has 0 fully saturated rings. The van der Waals surface area contributed by atoms with Crippen LogP contribution in [0.25, 0.3) is 0 Å². The van der Waals surface area contributed by atoms with Crippen molar-refractivity contribution in [2.24, 2.45) is 0 Å². The van der Waals surface area contributed by atoms with Crippen molar-refractivity contribution in [1.29, 1.82) is 0 Å². The van der Waals surface area contributed by atoms with Gasteiger partial charge in [-0.2, -0.15) is 0 Å². The van der Waals surface area contributed by atoms with Crippen molar-refractivity contribution in [1.82, 2.24) is 0 Å². The van der Waals surface area contributed by atoms with Crippen molar-refractivity contribution < 1.29 is 28.6 Å². The molecule has 0 bridgehead atoms. The lowest BCUT2D eigenvalue weighted by atomic mass is 10.1. The summed E-state index contributed by atoms with van der Waals surface area (Å²) in [6.07, 6.45) is 75.1. The summed E-state index contributed by atoms with van der Waals surface area (Å²) in [5, 5.41) is 0. The Kier molecular flexibility index (Phi) is 52.4. The fourth-order valence-electron chi connectivity index (χ4n) is 7.32. The smallest absolute Gasteiger partial charge is 0.306 e. The van der Waals surface area contributed by atoms with Crippen LogP contribution < -0.4 is 0 Å². The minimum absolute atomic E-state index is 0.109. The zero-order valence-electron chi connectivity index (χ0n) is 44.1. The van der Waals surface area contributed by atoms with E-state index in [2.05, 4.69) is 124 Å². The molecule has 0 heterocycles. The molecule has 0 aliphatic carbocycles. The van der Waals surface area contributed by atoms with Crippen LogP contribution in [-0.4, -0.2) is 37.2 Å². The standard InChI is InChI=1S/C62H102O6/c1-4-7-10-13-16-19-22-25-27-29-31-33-35-37-40-43-46-49-52-55-61(64)67-58-59(57-66-60(63)54-51-48-45-42-39-24-21-18-15-12-9-6-3)68-62(65)56-53-50-47-44-41-38-36-34-32-30-28-26-23-20-17-14-11-8-5-2/h7,10,16-21,25-28,31,33,37,40,46,49,59H,4-6,8-9,11-15,22-24,29-30,32,34-36,38-39,41-45,47-48,50-58H2,1-3H3/b10-7-,19-16-,20-17-,21-18-,27-25-,28-26-,33-31-,40-37-,49-46-. The molecule has 0 amide bonds. The third-order valence-corrected chi connectivity index (χ3v) is 11.5. The topological polar surface area (TPSA) is 78.9 Å². The second-order valence-corrected chi connectivity index (χ2v) is 18.1. The maximum Gasteiger partial charge on any atom is 0.306 e. The van der Waals surface area contributed by atoms with E-state index >= 15 is 0 Å². The summed E-state index contributed by atoms with van der Waals surface area (Å²) in [5.74, 6) is -1.01. The zero-order chi connectivity index (χ0) is 49.3. The minimum Gasteiger partial charge on any atom is -0.462 e. The quantitative estimate of drug-likeness (QED) is 0.0262. The van der Waals surface area contributed by atoms with E-state index in [0.717, 1.165) is 96.3 Å². The van der Waals surface area contributed by atoms with Gasteiger partial charge < -0.3 is 14.2 Å². The van der Waals surface area contributed by atoms with Crippen molar-refractivity contribution in [2.45, 2.75) is 252 Å². The largest absolute Gasteiger partial charge is 0.462 e. The van der Waals surface area contributed by atoms with Gasteiger partial charge in [0, 0.05) is 19.3 Å². The van der Waals surface area contributed by atoms with Crippen LogP contribution in [0.5, 0.6) is 0 Å². The number of hydrogen-bond donors (Lipinski definition) is 0. The molecule has 68 heavy (non-hydrogen) atoms. The van der Waals surface area contributed by atoms with Crippen molar-refractivity contribution in [3.05, 3.63) is 109 Å². The van der Waals surface area contributed by atoms with E-state index in [1.807, 2.05) is 6.08 Å². The molecule has 0 aliphatic heterocycles. The van der Waals surface area contributed by atoms with Gasteiger partial charge in [0.15, 0.2) is 6.10 Å². The van der Waals surface area contributed by atoms with Crippen LogP contribution in [-0.2, 0) is 28.6 Å². The average Bonchev–Trinajstić information content (AvgIpc) is 3.34. The van der Waals surface area contributed by atoms with Crippen LogP contribution >= 0.6 is 0 Å². The van der Waals surface area contributed by atoms with E-state index < -0.39 is 6.10 Å². The molecule has 0 aliphatic rings. The predicted molar refractivity (Wildman–Crippen MR) is 293 cm³/mol. The van der Waals surface area contributed by atoms with Crippen molar-refractivity contribution in [3.8, 4) is 0 Å². The molecule has 1 unspecified atom stereocenters. The summed E-state index contributed by atoms with van der Waals surface area (Å²) in [4.78, 5) is 38.1. The summed E-state index contributed by atoms with van der Waals surface area (Å²) in [6, 6.07) is 0. The van der Waals surface area contributed by atoms with Gasteiger partial charge in [-0.15, -0.1) is 0 Å². The summed E-state index contributed by atoms with van der Waals surface area (Å²) in [6.45, 7) is 6.40. The molecule has 0 radical (unpaired) electrons. The van der Waals surface area contributed by atoms with Crippen LogP contribution in [0.4, 0.5) is 0 Å². The van der Waals surface area contributed by atoms with Gasteiger partial charge in [0.2, 0.25) is 0 Å². The molecule has 1 atom stereocenters. The first-order valence-electron chi connectivity index (χ1n) is 27.9. The average molecular weight is 943 g/mol. The number of carbonyl (C=O) groups is 3. The Morgan fingerprint density at radius 2 is 0.603 bits per heavy atom. The first-order valence-corrected chi connectivity index (χ1v) is 27.9. The third-order valence-electron chi connectivity index (χ3n) is 11.5. The first kappa shape index (κ1) is 64.1. The van der Waals surface area contributed by atoms with Gasteiger partial charge in [0.1, 0.15) is 13.2 Å². The maximum atomic E-state index is 12.8. The Balaban J connectivity index is 4.50. The van der Waals surface area contributed by atoms with E-state index in [9.17, 15) is 14.4 Å². The maximum absolute atomic E-state index is 12.8. The normalized spacial score (nSPS) is 12.9. The molecular formula is C62H102O6. The molecule has 0 aromatic heterocycles. The van der Waals surface area contributed by atoms with Crippen molar-refractivity contribution >= 4 is 17.9 Å². The van der Waals surface area contributed by atoms with E-state index in [1.165, 1.54) is 103 Å². The Morgan fingerprint density at radius 1 is 0.309 bits per heavy atom. The lowest BCUT2D eigenvalue weighted by Gasteiger charge is -2.18. The number of unbranched alkanes of at least 4 members (excludes halogenated alkanes) is 20. The molecule has 6 heteroatoms. The van der Waals surface area contributed by atoms with Crippen LogP contribution in [0, 0.1) is 0 Å². The van der Waals surface area contributed by atoms with E-state index in [1.54, 1.807) is 0 Å². The van der Waals surface area contributed by atoms with Gasteiger partial charge in [0.25, 0.3) is 0 Å². The van der Waals surface area contributed by atoms with Gasteiger partial charge in [-0.25, -0.2) is 0 Å². The second kappa shape index (κ2) is 55.7. The van der Waals surface area contributed by atoms with E-state index in [-0.39, 0.29) is 37.5 Å². The fraction of sp³-hybridized carbons (Fsp3) is 0.661. The molecular weight excluding hydrogens is 841 g/mol. The zero-order valence-corrected chi connectivity index (χ0v) is 44.1. The Bertz CT molecular complexity index is 1410. The first-order chi connectivity index (χ1) is 33.5. The highest BCUT2D eigenvalue weighted by Gasteiger charge is 2.19. The van der Waals surface area contributed by atoms with Crippen LogP contribution in [0.3, 0.4) is 0 Å². The molecule has 0 rings (SSSR count). The van der Waals surface area contributed by atoms with Gasteiger partial charge >= 0.3 is 17.9 Å². The molecule has 0 aromatic rings. The Morgan fingerprint density at radius 3 is 1.00 bits per heavy atom. The minimum atomic E-state index is -0.816. The van der Waals surface area contributed by atoms with Crippen LogP contribution in [0.2, 0.25) is 0 Å². The number of allylic oxidation sites excluding steroid dienone is 18. The molecule has 0 N–H and O–H groups in total. The Hall–Kier alpha value is -3.93. The molecule has 386 valence electrons. The van der Waals surface area contributed by atoms with Gasteiger partial charge in [-0.3, -0.25) is 14.4 Å². The lowest BCUT2D eigenvalue weighted by molar-refractivity contribution is -0.166. The highest BCUT2D eigenvalue weighted by Crippen LogP contribution is 2.14. The number of hydrogen-bond acceptors (Lipinski definition) is 6. The summed E-state index contributed by atoms with van der Waals surface area (Å²) < 4.78 is 16.8. The van der Waals surface area contributed by atoms with Gasteiger partial charge in [-0.1, -0.05) is 220 Å². The highest BCUT2D eigenvalue weighted by atomic mass is 16.6. The third kappa shape index (κ3) is 53.0. The van der Waals surface area contributed by atoms with Gasteiger partial charge in [-0.05, 0) is 116 Å². The summed E-state index contributed by atoms with van der Waals surface area (Å²) in [7, 11) is 0. The monoisotopic (exact) mass is 943 g/mol. The van der Waals surface area contributed by atoms with Crippen molar-refractivity contribution in [3.63, 3.8) is 0 Å². The molecule has 6 nitrogen and oxygen atoms in total. The summed E-state index contributed by atoms with van der Waals surface area (Å²) >= 11 is 0. The predicted octanol–water partition coefficient (Wildman–Crippen LogP) is 18.7. The molecule has 0 aromatic carbocycles.